The van der Waals surface area contributed by atoms with Crippen LogP contribution in [0, 0.1) is 15.9 Å². The molecule has 112 valence electrons. The van der Waals surface area contributed by atoms with Gasteiger partial charge in [0.2, 0.25) is 5.91 Å². The van der Waals surface area contributed by atoms with Crippen molar-refractivity contribution >= 4 is 23.2 Å². The molecule has 1 aliphatic rings. The first-order valence-corrected chi connectivity index (χ1v) is 6.20. The Balaban J connectivity index is 2.13. The summed E-state index contributed by atoms with van der Waals surface area (Å²) in [6.07, 6.45) is 0.930. The van der Waals surface area contributed by atoms with Crippen molar-refractivity contribution in [2.24, 2.45) is 0 Å². The molecule has 1 saturated heterocycles. The average molecular weight is 296 g/mol. The lowest BCUT2D eigenvalue weighted by atomic mass is 10.1. The minimum Gasteiger partial charge on any atom is -0.392 e. The number of carbonyl (C=O) groups is 2. The lowest BCUT2D eigenvalue weighted by molar-refractivity contribution is -0.384. The second kappa shape index (κ2) is 5.73. The van der Waals surface area contributed by atoms with Gasteiger partial charge in [-0.3, -0.25) is 19.7 Å². The van der Waals surface area contributed by atoms with Gasteiger partial charge in [0.05, 0.1) is 4.92 Å². The smallest absolute Gasteiger partial charge is 0.293 e. The quantitative estimate of drug-likeness (QED) is 0.419. The van der Waals surface area contributed by atoms with Crippen LogP contribution in [-0.2, 0) is 4.79 Å². The summed E-state index contributed by atoms with van der Waals surface area (Å²) in [6, 6.07) is 1.49. The van der Waals surface area contributed by atoms with Gasteiger partial charge in [-0.2, -0.15) is 0 Å². The fraction of sp³-hybridized carbons (Fsp3) is 0.333. The number of nitrogen functional groups attached to an aromatic ring is 1. The van der Waals surface area contributed by atoms with Gasteiger partial charge in [-0.05, 0) is 12.5 Å². The molecule has 0 bridgehead atoms. The predicted molar refractivity (Wildman–Crippen MR) is 71.0 cm³/mol. The molecule has 1 aromatic rings. The van der Waals surface area contributed by atoms with Crippen molar-refractivity contribution in [1.29, 1.82) is 0 Å². The third kappa shape index (κ3) is 3.07. The molecule has 1 fully saturated rings. The lowest BCUT2D eigenvalue weighted by Gasteiger charge is -2.12. The van der Waals surface area contributed by atoms with Gasteiger partial charge in [0.1, 0.15) is 17.1 Å². The molecule has 2 amide bonds. The Labute approximate surface area is 118 Å². The van der Waals surface area contributed by atoms with Gasteiger partial charge < -0.3 is 16.4 Å². The Morgan fingerprint density at radius 2 is 2.29 bits per heavy atom. The topological polar surface area (TPSA) is 127 Å². The zero-order valence-electron chi connectivity index (χ0n) is 10.9. The van der Waals surface area contributed by atoms with Gasteiger partial charge in [-0.1, -0.05) is 0 Å². The number of halogens is 1. The van der Waals surface area contributed by atoms with Gasteiger partial charge in [0, 0.05) is 25.1 Å². The number of carbonyl (C=O) groups excluding carboxylic acids is 2. The summed E-state index contributed by atoms with van der Waals surface area (Å²) in [5.41, 5.74) is 3.87. The monoisotopic (exact) mass is 296 g/mol. The number of nitrogens with two attached hydrogens (primary N) is 1. The predicted octanol–water partition coefficient (Wildman–Crippen LogP) is 0.324. The number of amides is 2. The maximum atomic E-state index is 13.7. The molecule has 0 aliphatic carbocycles. The van der Waals surface area contributed by atoms with Crippen LogP contribution in [0.2, 0.25) is 0 Å². The number of hydrogen-bond acceptors (Lipinski definition) is 5. The number of rotatable bonds is 4. The third-order valence-corrected chi connectivity index (χ3v) is 3.19. The Morgan fingerprint density at radius 3 is 2.86 bits per heavy atom. The number of nitrogens with one attached hydrogen (secondary N) is 2. The van der Waals surface area contributed by atoms with E-state index in [1.54, 1.807) is 0 Å². The maximum Gasteiger partial charge on any atom is 0.293 e. The van der Waals surface area contributed by atoms with Crippen molar-refractivity contribution in [3.05, 3.63) is 33.6 Å². The molecule has 9 heteroatoms. The summed E-state index contributed by atoms with van der Waals surface area (Å²) < 4.78 is 13.7. The summed E-state index contributed by atoms with van der Waals surface area (Å²) in [6.45, 7) is 0.103. The highest BCUT2D eigenvalue weighted by Gasteiger charge is 2.25. The molecule has 4 N–H and O–H groups in total. The van der Waals surface area contributed by atoms with Crippen molar-refractivity contribution < 1.29 is 18.9 Å². The molecule has 1 heterocycles. The first kappa shape index (κ1) is 14.7. The van der Waals surface area contributed by atoms with Crippen LogP contribution in [0.5, 0.6) is 0 Å². The number of nitrogens with zero attached hydrogens (tertiary/aromatic N) is 1. The van der Waals surface area contributed by atoms with Crippen LogP contribution in [0.4, 0.5) is 15.8 Å². The standard InChI is InChI=1S/C12H13FN4O4/c13-7-2-3-8(17(20)21)11(14)10(7)12(19)15-5-6-1-4-9(18)16-6/h2-3,6H,1,4-5,14H2,(H,15,19)(H,16,18). The molecule has 1 aromatic carbocycles. The summed E-state index contributed by atoms with van der Waals surface area (Å²) in [5.74, 6) is -1.91. The SMILES string of the molecule is Nc1c([N+](=O)[O-])ccc(F)c1C(=O)NCC1CCC(=O)N1. The second-order valence-corrected chi connectivity index (χ2v) is 4.63. The molecule has 8 nitrogen and oxygen atoms in total. The van der Waals surface area contributed by atoms with Gasteiger partial charge in [-0.25, -0.2) is 4.39 Å². The van der Waals surface area contributed by atoms with Crippen molar-refractivity contribution in [3.8, 4) is 0 Å². The molecule has 0 spiro atoms. The van der Waals surface area contributed by atoms with E-state index < -0.39 is 33.6 Å². The Bertz CT molecular complexity index is 620. The van der Waals surface area contributed by atoms with E-state index in [1.165, 1.54) is 0 Å². The van der Waals surface area contributed by atoms with Crippen LogP contribution in [0.1, 0.15) is 23.2 Å². The maximum absolute atomic E-state index is 13.7. The number of benzene rings is 1. The van der Waals surface area contributed by atoms with E-state index in [0.717, 1.165) is 12.1 Å². The summed E-state index contributed by atoms with van der Waals surface area (Å²) >= 11 is 0. The zero-order chi connectivity index (χ0) is 15.6. The van der Waals surface area contributed by atoms with Gasteiger partial charge in [0.25, 0.3) is 11.6 Å². The number of nitro groups is 1. The molecule has 0 radical (unpaired) electrons. The highest BCUT2D eigenvalue weighted by atomic mass is 19.1. The van der Waals surface area contributed by atoms with Crippen LogP contribution in [0.15, 0.2) is 12.1 Å². The highest BCUT2D eigenvalue weighted by Crippen LogP contribution is 2.27. The normalized spacial score (nSPS) is 17.4. The third-order valence-electron chi connectivity index (χ3n) is 3.19. The van der Waals surface area contributed by atoms with E-state index in [2.05, 4.69) is 10.6 Å². The van der Waals surface area contributed by atoms with E-state index in [0.29, 0.717) is 12.8 Å². The molecule has 0 aromatic heterocycles. The fourth-order valence-electron chi connectivity index (χ4n) is 2.11. The van der Waals surface area contributed by atoms with Crippen molar-refractivity contribution in [2.75, 3.05) is 12.3 Å². The largest absolute Gasteiger partial charge is 0.392 e. The zero-order valence-corrected chi connectivity index (χ0v) is 10.9. The summed E-state index contributed by atoms with van der Waals surface area (Å²) in [5, 5.41) is 15.8. The van der Waals surface area contributed by atoms with Crippen molar-refractivity contribution in [2.45, 2.75) is 18.9 Å². The molecule has 1 unspecified atom stereocenters. The van der Waals surface area contributed by atoms with E-state index >= 15 is 0 Å². The summed E-state index contributed by atoms with van der Waals surface area (Å²) in [4.78, 5) is 32.9. The van der Waals surface area contributed by atoms with Gasteiger partial charge >= 0.3 is 0 Å². The number of anilines is 1. The second-order valence-electron chi connectivity index (χ2n) is 4.63. The van der Waals surface area contributed by atoms with E-state index in [9.17, 15) is 24.1 Å². The van der Waals surface area contributed by atoms with Crippen LogP contribution in [0.3, 0.4) is 0 Å². The molecule has 0 saturated carbocycles. The van der Waals surface area contributed by atoms with E-state index in [-0.39, 0.29) is 18.5 Å². The Hall–Kier alpha value is -2.71. The first-order valence-electron chi connectivity index (χ1n) is 6.20. The molecular weight excluding hydrogens is 283 g/mol. The Morgan fingerprint density at radius 1 is 1.57 bits per heavy atom. The van der Waals surface area contributed by atoms with Crippen LogP contribution < -0.4 is 16.4 Å². The van der Waals surface area contributed by atoms with Gasteiger partial charge in [-0.15, -0.1) is 0 Å². The van der Waals surface area contributed by atoms with Crippen LogP contribution in [-0.4, -0.2) is 29.3 Å². The molecule has 1 atom stereocenters. The van der Waals surface area contributed by atoms with E-state index in [1.807, 2.05) is 0 Å². The van der Waals surface area contributed by atoms with Crippen LogP contribution in [0.25, 0.3) is 0 Å². The first-order chi connectivity index (χ1) is 9.90. The fourth-order valence-corrected chi connectivity index (χ4v) is 2.11. The van der Waals surface area contributed by atoms with E-state index in [4.69, 9.17) is 5.73 Å². The lowest BCUT2D eigenvalue weighted by Crippen LogP contribution is -2.38. The minimum absolute atomic E-state index is 0.103. The summed E-state index contributed by atoms with van der Waals surface area (Å²) in [7, 11) is 0. The average Bonchev–Trinajstić information content (AvgIpc) is 2.82. The molecule has 21 heavy (non-hydrogen) atoms. The number of nitro benzene ring substituents is 1. The number of hydrogen-bond donors (Lipinski definition) is 3. The minimum atomic E-state index is -0.939. The van der Waals surface area contributed by atoms with Gasteiger partial charge in [0.15, 0.2) is 0 Å². The Kier molecular flexibility index (Phi) is 4.01. The molecular formula is C12H13FN4O4. The van der Waals surface area contributed by atoms with Crippen LogP contribution >= 0.6 is 0 Å². The van der Waals surface area contributed by atoms with Crippen molar-refractivity contribution in [3.63, 3.8) is 0 Å². The highest BCUT2D eigenvalue weighted by molar-refractivity contribution is 6.01. The molecule has 1 aliphatic heterocycles. The van der Waals surface area contributed by atoms with Crippen molar-refractivity contribution in [1.82, 2.24) is 10.6 Å². The molecule has 2 rings (SSSR count).